The second-order valence-corrected chi connectivity index (χ2v) is 4.14. The summed E-state index contributed by atoms with van der Waals surface area (Å²) < 4.78 is 5.51. The smallest absolute Gasteiger partial charge is 0.147 e. The summed E-state index contributed by atoms with van der Waals surface area (Å²) in [6.45, 7) is 4.68. The third-order valence-electron chi connectivity index (χ3n) is 2.37. The van der Waals surface area contributed by atoms with Crippen molar-refractivity contribution in [3.63, 3.8) is 0 Å². The average Bonchev–Trinajstić information content (AvgIpc) is 2.31. The SMILES string of the molecule is CCOc1ccc(CC)cc1CC(=O)CBr. The molecule has 0 heterocycles. The fourth-order valence-electron chi connectivity index (χ4n) is 1.55. The topological polar surface area (TPSA) is 26.3 Å². The fraction of sp³-hybridized carbons (Fsp3) is 0.462. The molecule has 0 saturated heterocycles. The van der Waals surface area contributed by atoms with Gasteiger partial charge < -0.3 is 4.74 Å². The van der Waals surface area contributed by atoms with Crippen LogP contribution >= 0.6 is 15.9 Å². The molecule has 0 radical (unpaired) electrons. The molecule has 1 rings (SSSR count). The Kier molecular flexibility index (Phi) is 5.53. The predicted molar refractivity (Wildman–Crippen MR) is 69.5 cm³/mol. The van der Waals surface area contributed by atoms with Gasteiger partial charge in [-0.2, -0.15) is 0 Å². The zero-order valence-corrected chi connectivity index (χ0v) is 11.3. The van der Waals surface area contributed by atoms with Crippen LogP contribution in [-0.4, -0.2) is 17.7 Å². The molecule has 0 fully saturated rings. The number of aryl methyl sites for hydroxylation is 1. The molecular weight excluding hydrogens is 268 g/mol. The summed E-state index contributed by atoms with van der Waals surface area (Å²) in [5.41, 5.74) is 2.23. The largest absolute Gasteiger partial charge is 0.494 e. The maximum atomic E-state index is 11.4. The molecule has 0 unspecified atom stereocenters. The number of Topliss-reactive ketones (excluding diaryl/α,β-unsaturated/α-hetero) is 1. The van der Waals surface area contributed by atoms with E-state index in [0.29, 0.717) is 18.4 Å². The van der Waals surface area contributed by atoms with Crippen LogP contribution in [0.4, 0.5) is 0 Å². The quantitative estimate of drug-likeness (QED) is 0.750. The Morgan fingerprint density at radius 3 is 2.69 bits per heavy atom. The Hall–Kier alpha value is -0.830. The van der Waals surface area contributed by atoms with E-state index >= 15 is 0 Å². The summed E-state index contributed by atoms with van der Waals surface area (Å²) in [4.78, 5) is 11.4. The van der Waals surface area contributed by atoms with Gasteiger partial charge in [0.15, 0.2) is 0 Å². The molecule has 0 saturated carbocycles. The van der Waals surface area contributed by atoms with Gasteiger partial charge in [0.05, 0.1) is 11.9 Å². The van der Waals surface area contributed by atoms with Crippen LogP contribution < -0.4 is 4.74 Å². The Morgan fingerprint density at radius 1 is 1.38 bits per heavy atom. The molecular formula is C13H17BrO2. The predicted octanol–water partition coefficient (Wildman–Crippen LogP) is 3.15. The van der Waals surface area contributed by atoms with E-state index in [0.717, 1.165) is 17.7 Å². The van der Waals surface area contributed by atoms with Crippen LogP contribution in [-0.2, 0) is 17.6 Å². The van der Waals surface area contributed by atoms with Crippen LogP contribution in [0.2, 0.25) is 0 Å². The summed E-state index contributed by atoms with van der Waals surface area (Å²) in [6, 6.07) is 6.07. The van der Waals surface area contributed by atoms with Crippen molar-refractivity contribution in [2.24, 2.45) is 0 Å². The molecule has 0 aliphatic rings. The van der Waals surface area contributed by atoms with Gasteiger partial charge in [0.1, 0.15) is 11.5 Å². The van der Waals surface area contributed by atoms with Crippen LogP contribution in [0.25, 0.3) is 0 Å². The monoisotopic (exact) mass is 284 g/mol. The summed E-state index contributed by atoms with van der Waals surface area (Å²) >= 11 is 3.18. The highest BCUT2D eigenvalue weighted by Gasteiger charge is 2.08. The van der Waals surface area contributed by atoms with Crippen LogP contribution in [0.5, 0.6) is 5.75 Å². The van der Waals surface area contributed by atoms with E-state index in [9.17, 15) is 4.79 Å². The Balaban J connectivity index is 2.95. The molecule has 0 N–H and O–H groups in total. The van der Waals surface area contributed by atoms with Gasteiger partial charge in [-0.15, -0.1) is 0 Å². The average molecular weight is 285 g/mol. The van der Waals surface area contributed by atoms with Gasteiger partial charge in [0.25, 0.3) is 0 Å². The van der Waals surface area contributed by atoms with Crippen LogP contribution in [0.1, 0.15) is 25.0 Å². The third-order valence-corrected chi connectivity index (χ3v) is 3.00. The first-order valence-corrected chi connectivity index (χ1v) is 6.65. The van der Waals surface area contributed by atoms with E-state index in [-0.39, 0.29) is 5.78 Å². The number of rotatable bonds is 6. The molecule has 2 nitrogen and oxygen atoms in total. The highest BCUT2D eigenvalue weighted by molar-refractivity contribution is 9.09. The van der Waals surface area contributed by atoms with Crippen molar-refractivity contribution < 1.29 is 9.53 Å². The van der Waals surface area contributed by atoms with E-state index in [1.165, 1.54) is 5.56 Å². The van der Waals surface area contributed by atoms with E-state index in [1.807, 2.05) is 19.1 Å². The number of hydrogen-bond acceptors (Lipinski definition) is 2. The normalized spacial score (nSPS) is 10.2. The molecule has 0 spiro atoms. The lowest BCUT2D eigenvalue weighted by molar-refractivity contribution is -0.115. The minimum Gasteiger partial charge on any atom is -0.494 e. The zero-order chi connectivity index (χ0) is 12.0. The van der Waals surface area contributed by atoms with Crippen LogP contribution in [0, 0.1) is 0 Å². The molecule has 88 valence electrons. The number of halogens is 1. The fourth-order valence-corrected chi connectivity index (χ4v) is 1.75. The number of carbonyl (C=O) groups is 1. The number of carbonyl (C=O) groups excluding carboxylic acids is 1. The van der Waals surface area contributed by atoms with Crippen molar-refractivity contribution in [1.82, 2.24) is 0 Å². The molecule has 1 aromatic rings. The Labute approximate surface area is 105 Å². The lowest BCUT2D eigenvalue weighted by atomic mass is 10.0. The standard InChI is InChI=1S/C13H17BrO2/c1-3-10-5-6-13(16-4-2)11(7-10)8-12(15)9-14/h5-7H,3-4,8-9H2,1-2H3. The van der Waals surface area contributed by atoms with Crippen molar-refractivity contribution in [3.8, 4) is 5.75 Å². The second kappa shape index (κ2) is 6.69. The molecule has 0 aliphatic carbocycles. The number of benzene rings is 1. The second-order valence-electron chi connectivity index (χ2n) is 3.58. The summed E-state index contributed by atoms with van der Waals surface area (Å²) in [7, 11) is 0. The minimum atomic E-state index is 0.175. The van der Waals surface area contributed by atoms with Gasteiger partial charge in [-0.3, -0.25) is 4.79 Å². The maximum Gasteiger partial charge on any atom is 0.147 e. The molecule has 1 aromatic carbocycles. The van der Waals surface area contributed by atoms with E-state index in [1.54, 1.807) is 0 Å². The van der Waals surface area contributed by atoms with Gasteiger partial charge in [0.2, 0.25) is 0 Å². The van der Waals surface area contributed by atoms with Gasteiger partial charge in [-0.05, 0) is 25.0 Å². The maximum absolute atomic E-state index is 11.4. The summed E-state index contributed by atoms with van der Waals surface area (Å²) in [6.07, 6.45) is 1.41. The number of ketones is 1. The lowest BCUT2D eigenvalue weighted by Gasteiger charge is -2.10. The zero-order valence-electron chi connectivity index (χ0n) is 9.75. The Morgan fingerprint density at radius 2 is 2.12 bits per heavy atom. The molecule has 3 heteroatoms. The number of hydrogen-bond donors (Lipinski definition) is 0. The molecule has 0 atom stereocenters. The molecule has 0 aromatic heterocycles. The Bertz CT molecular complexity index is 361. The molecule has 0 bridgehead atoms. The van der Waals surface area contributed by atoms with Crippen molar-refractivity contribution >= 4 is 21.7 Å². The van der Waals surface area contributed by atoms with Crippen molar-refractivity contribution in [1.29, 1.82) is 0 Å². The lowest BCUT2D eigenvalue weighted by Crippen LogP contribution is -2.06. The number of alkyl halides is 1. The molecule has 16 heavy (non-hydrogen) atoms. The van der Waals surface area contributed by atoms with E-state index in [4.69, 9.17) is 4.74 Å². The van der Waals surface area contributed by atoms with Crippen LogP contribution in [0.15, 0.2) is 18.2 Å². The highest BCUT2D eigenvalue weighted by atomic mass is 79.9. The van der Waals surface area contributed by atoms with Crippen molar-refractivity contribution in [2.45, 2.75) is 26.7 Å². The summed E-state index contributed by atoms with van der Waals surface area (Å²) in [5, 5.41) is 0.398. The number of ether oxygens (including phenoxy) is 1. The molecule has 0 amide bonds. The van der Waals surface area contributed by atoms with Gasteiger partial charge in [-0.25, -0.2) is 0 Å². The minimum absolute atomic E-state index is 0.175. The van der Waals surface area contributed by atoms with Gasteiger partial charge in [0, 0.05) is 12.0 Å². The van der Waals surface area contributed by atoms with Crippen molar-refractivity contribution in [3.05, 3.63) is 29.3 Å². The highest BCUT2D eigenvalue weighted by Crippen LogP contribution is 2.21. The summed E-state index contributed by atoms with van der Waals surface area (Å²) in [5.74, 6) is 1.00. The van der Waals surface area contributed by atoms with Gasteiger partial charge >= 0.3 is 0 Å². The van der Waals surface area contributed by atoms with E-state index in [2.05, 4.69) is 28.9 Å². The van der Waals surface area contributed by atoms with Gasteiger partial charge in [-0.1, -0.05) is 35.0 Å². The first-order valence-electron chi connectivity index (χ1n) is 5.53. The van der Waals surface area contributed by atoms with E-state index < -0.39 is 0 Å². The van der Waals surface area contributed by atoms with Crippen LogP contribution in [0.3, 0.4) is 0 Å². The first kappa shape index (κ1) is 13.2. The first-order chi connectivity index (χ1) is 7.71. The molecule has 0 aliphatic heterocycles. The van der Waals surface area contributed by atoms with Crippen molar-refractivity contribution in [2.75, 3.05) is 11.9 Å². The third kappa shape index (κ3) is 3.63.